The highest BCUT2D eigenvalue weighted by atomic mass is 16.5. The normalized spacial score (nSPS) is 12.0. The van der Waals surface area contributed by atoms with Gasteiger partial charge in [-0.3, -0.25) is 0 Å². The lowest BCUT2D eigenvalue weighted by atomic mass is 10.1. The number of ether oxygens (including phenoxy) is 2. The van der Waals surface area contributed by atoms with Gasteiger partial charge in [0.15, 0.2) is 11.5 Å². The molecule has 0 aliphatic heterocycles. The highest BCUT2D eigenvalue weighted by Gasteiger charge is 2.07. The molecule has 0 spiro atoms. The van der Waals surface area contributed by atoms with Gasteiger partial charge in [0.05, 0.1) is 7.11 Å². The molecule has 0 radical (unpaired) electrons. The Morgan fingerprint density at radius 2 is 1.76 bits per heavy atom. The molecule has 2 N–H and O–H groups in total. The van der Waals surface area contributed by atoms with Crippen LogP contribution in [0.2, 0.25) is 0 Å². The van der Waals surface area contributed by atoms with E-state index in [1.807, 2.05) is 49.4 Å². The molecular formula is C18H23NO2. The minimum absolute atomic E-state index is 0.213. The van der Waals surface area contributed by atoms with Crippen molar-refractivity contribution < 1.29 is 9.47 Å². The van der Waals surface area contributed by atoms with E-state index in [9.17, 15) is 0 Å². The summed E-state index contributed by atoms with van der Waals surface area (Å²) in [5, 5.41) is 0. The number of nitrogens with two attached hydrogens (primary N) is 1. The lowest BCUT2D eigenvalue weighted by Crippen LogP contribution is -2.15. The van der Waals surface area contributed by atoms with Gasteiger partial charge in [0.1, 0.15) is 6.61 Å². The third-order valence-electron chi connectivity index (χ3n) is 3.35. The van der Waals surface area contributed by atoms with Crippen LogP contribution < -0.4 is 15.2 Å². The van der Waals surface area contributed by atoms with E-state index in [0.29, 0.717) is 6.61 Å². The van der Waals surface area contributed by atoms with Crippen LogP contribution in [0.1, 0.15) is 24.5 Å². The fourth-order valence-corrected chi connectivity index (χ4v) is 2.12. The molecule has 0 heterocycles. The first-order chi connectivity index (χ1) is 10.2. The molecule has 1 unspecified atom stereocenters. The second-order valence-electron chi connectivity index (χ2n) is 5.28. The number of rotatable bonds is 7. The zero-order valence-electron chi connectivity index (χ0n) is 12.7. The summed E-state index contributed by atoms with van der Waals surface area (Å²) in [6.45, 7) is 2.56. The van der Waals surface area contributed by atoms with Gasteiger partial charge in [-0.2, -0.15) is 0 Å². The second kappa shape index (κ2) is 7.70. The average Bonchev–Trinajstić information content (AvgIpc) is 2.52. The largest absolute Gasteiger partial charge is 0.493 e. The molecule has 0 aromatic heterocycles. The first kappa shape index (κ1) is 15.4. The maximum atomic E-state index is 5.84. The Labute approximate surface area is 126 Å². The highest BCUT2D eigenvalue weighted by molar-refractivity contribution is 5.43. The number of aryl methyl sites for hydroxylation is 1. The van der Waals surface area contributed by atoms with E-state index in [4.69, 9.17) is 15.2 Å². The Balaban J connectivity index is 2.02. The maximum absolute atomic E-state index is 5.84. The summed E-state index contributed by atoms with van der Waals surface area (Å²) in [6.07, 6.45) is 1.92. The molecule has 2 aromatic carbocycles. The topological polar surface area (TPSA) is 44.5 Å². The van der Waals surface area contributed by atoms with Crippen LogP contribution >= 0.6 is 0 Å². The number of hydrogen-bond donors (Lipinski definition) is 1. The monoisotopic (exact) mass is 285 g/mol. The molecule has 0 saturated carbocycles. The molecule has 0 amide bonds. The van der Waals surface area contributed by atoms with Crippen LogP contribution in [0.3, 0.4) is 0 Å². The van der Waals surface area contributed by atoms with Crippen LogP contribution in [0.5, 0.6) is 11.5 Å². The molecule has 0 bridgehead atoms. The van der Waals surface area contributed by atoms with Gasteiger partial charge in [-0.05, 0) is 43.0 Å². The summed E-state index contributed by atoms with van der Waals surface area (Å²) < 4.78 is 11.3. The maximum Gasteiger partial charge on any atom is 0.161 e. The van der Waals surface area contributed by atoms with Gasteiger partial charge >= 0.3 is 0 Å². The van der Waals surface area contributed by atoms with Crippen LogP contribution in [0.4, 0.5) is 0 Å². The van der Waals surface area contributed by atoms with Gasteiger partial charge in [-0.1, -0.05) is 36.4 Å². The average molecular weight is 285 g/mol. The molecule has 1 atom stereocenters. The summed E-state index contributed by atoms with van der Waals surface area (Å²) in [5.41, 5.74) is 8.16. The molecule has 2 rings (SSSR count). The summed E-state index contributed by atoms with van der Waals surface area (Å²) in [6, 6.07) is 16.4. The minimum Gasteiger partial charge on any atom is -0.493 e. The van der Waals surface area contributed by atoms with Crippen LogP contribution in [0, 0.1) is 0 Å². The van der Waals surface area contributed by atoms with Crippen molar-refractivity contribution in [2.45, 2.75) is 32.4 Å². The minimum atomic E-state index is 0.213. The summed E-state index contributed by atoms with van der Waals surface area (Å²) in [5.74, 6) is 1.54. The predicted molar refractivity (Wildman–Crippen MR) is 85.7 cm³/mol. The van der Waals surface area contributed by atoms with Crippen molar-refractivity contribution in [3.63, 3.8) is 0 Å². The zero-order valence-corrected chi connectivity index (χ0v) is 12.7. The lowest BCUT2D eigenvalue weighted by Gasteiger charge is -2.13. The molecule has 0 fully saturated rings. The van der Waals surface area contributed by atoms with Crippen molar-refractivity contribution in [1.29, 1.82) is 0 Å². The van der Waals surface area contributed by atoms with Crippen LogP contribution in [0.15, 0.2) is 48.5 Å². The third-order valence-corrected chi connectivity index (χ3v) is 3.35. The Morgan fingerprint density at radius 3 is 2.43 bits per heavy atom. The van der Waals surface area contributed by atoms with Crippen LogP contribution in [0.25, 0.3) is 0 Å². The first-order valence-electron chi connectivity index (χ1n) is 7.28. The van der Waals surface area contributed by atoms with Crippen molar-refractivity contribution in [1.82, 2.24) is 0 Å². The molecule has 0 saturated heterocycles. The van der Waals surface area contributed by atoms with Crippen LogP contribution in [-0.2, 0) is 13.0 Å². The summed E-state index contributed by atoms with van der Waals surface area (Å²) in [4.78, 5) is 0. The second-order valence-corrected chi connectivity index (χ2v) is 5.28. The van der Waals surface area contributed by atoms with E-state index in [1.165, 1.54) is 5.56 Å². The lowest BCUT2D eigenvalue weighted by molar-refractivity contribution is 0.284. The Bertz CT molecular complexity index is 552. The van der Waals surface area contributed by atoms with E-state index < -0.39 is 0 Å². The Kier molecular flexibility index (Phi) is 5.64. The van der Waals surface area contributed by atoms with E-state index in [0.717, 1.165) is 29.9 Å². The number of methoxy groups -OCH3 is 1. The third kappa shape index (κ3) is 4.80. The van der Waals surface area contributed by atoms with E-state index >= 15 is 0 Å². The van der Waals surface area contributed by atoms with Gasteiger partial charge in [0.25, 0.3) is 0 Å². The molecule has 21 heavy (non-hydrogen) atoms. The highest BCUT2D eigenvalue weighted by Crippen LogP contribution is 2.29. The van der Waals surface area contributed by atoms with E-state index in [2.05, 4.69) is 6.07 Å². The van der Waals surface area contributed by atoms with Gasteiger partial charge in [-0.15, -0.1) is 0 Å². The molecule has 3 heteroatoms. The van der Waals surface area contributed by atoms with Crippen LogP contribution in [-0.4, -0.2) is 13.2 Å². The molecule has 2 aromatic rings. The van der Waals surface area contributed by atoms with E-state index in [-0.39, 0.29) is 6.04 Å². The SMILES string of the molecule is COc1cc(CCC(C)N)ccc1OCc1ccccc1. The van der Waals surface area contributed by atoms with Crippen molar-refractivity contribution in [3.05, 3.63) is 59.7 Å². The standard InChI is InChI=1S/C18H23NO2/c1-14(19)8-9-15-10-11-17(18(12-15)20-2)21-13-16-6-4-3-5-7-16/h3-7,10-12,14H,8-9,13,19H2,1-2H3. The first-order valence-corrected chi connectivity index (χ1v) is 7.28. The quantitative estimate of drug-likeness (QED) is 0.846. The van der Waals surface area contributed by atoms with Gasteiger partial charge in [0, 0.05) is 6.04 Å². The predicted octanol–water partition coefficient (Wildman–Crippen LogP) is 3.55. The molecule has 0 aliphatic rings. The summed E-state index contributed by atoms with van der Waals surface area (Å²) >= 11 is 0. The molecule has 112 valence electrons. The smallest absolute Gasteiger partial charge is 0.161 e. The fourth-order valence-electron chi connectivity index (χ4n) is 2.12. The Hall–Kier alpha value is -2.00. The number of hydrogen-bond acceptors (Lipinski definition) is 3. The fraction of sp³-hybridized carbons (Fsp3) is 0.333. The van der Waals surface area contributed by atoms with Crippen molar-refractivity contribution >= 4 is 0 Å². The Morgan fingerprint density at radius 1 is 1.00 bits per heavy atom. The van der Waals surface area contributed by atoms with E-state index in [1.54, 1.807) is 7.11 Å². The molecule has 3 nitrogen and oxygen atoms in total. The van der Waals surface area contributed by atoms with Crippen molar-refractivity contribution in [2.75, 3.05) is 7.11 Å². The molecule has 0 aliphatic carbocycles. The summed E-state index contributed by atoms with van der Waals surface area (Å²) in [7, 11) is 1.67. The molecular weight excluding hydrogens is 262 g/mol. The number of benzene rings is 2. The van der Waals surface area contributed by atoms with Crippen molar-refractivity contribution in [3.8, 4) is 11.5 Å². The zero-order chi connectivity index (χ0) is 15.1. The van der Waals surface area contributed by atoms with Gasteiger partial charge in [0.2, 0.25) is 0 Å². The van der Waals surface area contributed by atoms with Gasteiger partial charge in [-0.25, -0.2) is 0 Å². The van der Waals surface area contributed by atoms with Gasteiger partial charge < -0.3 is 15.2 Å². The van der Waals surface area contributed by atoms with Crippen molar-refractivity contribution in [2.24, 2.45) is 5.73 Å².